The number of nitrogens with one attached hydrogen (secondary N) is 2. The van der Waals surface area contributed by atoms with Crippen LogP contribution in [0.5, 0.6) is 0 Å². The fraction of sp³-hybridized carbons (Fsp3) is 0.350. The maximum atomic E-state index is 12.0. The lowest BCUT2D eigenvalue weighted by Gasteiger charge is -2.17. The molecule has 2 aromatic rings. The van der Waals surface area contributed by atoms with E-state index in [0.717, 1.165) is 11.4 Å². The van der Waals surface area contributed by atoms with Crippen LogP contribution in [0.2, 0.25) is 0 Å². The molecule has 0 aliphatic carbocycles. The molecular weight excluding hydrogens is 334 g/mol. The molecule has 1 amide bonds. The van der Waals surface area contributed by atoms with Crippen LogP contribution in [0.4, 0.5) is 11.4 Å². The van der Waals surface area contributed by atoms with Crippen LogP contribution in [0.25, 0.3) is 0 Å². The quantitative estimate of drug-likeness (QED) is 0.675. The zero-order valence-electron chi connectivity index (χ0n) is 15.0. The normalized spacial score (nSPS) is 12.8. The van der Waals surface area contributed by atoms with Crippen molar-refractivity contribution in [3.63, 3.8) is 0 Å². The van der Waals surface area contributed by atoms with E-state index < -0.39 is 6.04 Å². The fourth-order valence-electron chi connectivity index (χ4n) is 2.57. The molecule has 0 aliphatic heterocycles. The molecule has 2 rings (SSSR count). The summed E-state index contributed by atoms with van der Waals surface area (Å²) < 4.78 is 0. The highest BCUT2D eigenvalue weighted by Gasteiger charge is 2.15. The SMILES string of the molecule is CC(C)C[C@H](N)C(=O)Nc1ccc(NC(C)c2ccccc2)cc1.Cl. The first-order valence-electron chi connectivity index (χ1n) is 8.43. The van der Waals surface area contributed by atoms with Gasteiger partial charge in [0.25, 0.3) is 0 Å². The molecule has 2 atom stereocenters. The lowest BCUT2D eigenvalue weighted by Crippen LogP contribution is -2.36. The topological polar surface area (TPSA) is 67.2 Å². The van der Waals surface area contributed by atoms with Crippen molar-refractivity contribution in [2.75, 3.05) is 10.6 Å². The maximum absolute atomic E-state index is 12.0. The standard InChI is InChI=1S/C20H27N3O.ClH/c1-14(2)13-19(21)20(24)23-18-11-9-17(10-12-18)22-15(3)16-7-5-4-6-8-16;/h4-12,14-15,19,22H,13,21H2,1-3H3,(H,23,24);1H/t15?,19-;/m0./s1. The van der Waals surface area contributed by atoms with Crippen molar-refractivity contribution in [3.05, 3.63) is 60.2 Å². The van der Waals surface area contributed by atoms with Gasteiger partial charge in [-0.05, 0) is 49.1 Å². The van der Waals surface area contributed by atoms with E-state index in [0.29, 0.717) is 12.3 Å². The van der Waals surface area contributed by atoms with E-state index in [2.05, 4.69) is 43.5 Å². The summed E-state index contributed by atoms with van der Waals surface area (Å²) in [6.45, 7) is 6.24. The molecule has 5 heteroatoms. The average Bonchev–Trinajstić information content (AvgIpc) is 2.56. The number of carbonyl (C=O) groups is 1. The molecular formula is C20H28ClN3O. The van der Waals surface area contributed by atoms with E-state index in [9.17, 15) is 4.79 Å². The minimum Gasteiger partial charge on any atom is -0.379 e. The Morgan fingerprint density at radius 2 is 1.52 bits per heavy atom. The van der Waals surface area contributed by atoms with E-state index in [-0.39, 0.29) is 24.4 Å². The number of halogens is 1. The summed E-state index contributed by atoms with van der Waals surface area (Å²) in [7, 11) is 0. The van der Waals surface area contributed by atoms with Crippen LogP contribution >= 0.6 is 12.4 Å². The van der Waals surface area contributed by atoms with Crippen LogP contribution < -0.4 is 16.4 Å². The predicted octanol–water partition coefficient (Wildman–Crippen LogP) is 4.59. The molecule has 0 saturated heterocycles. The van der Waals surface area contributed by atoms with Gasteiger partial charge < -0.3 is 16.4 Å². The third kappa shape index (κ3) is 6.77. The smallest absolute Gasteiger partial charge is 0.241 e. The highest BCUT2D eigenvalue weighted by atomic mass is 35.5. The van der Waals surface area contributed by atoms with Crippen LogP contribution in [-0.4, -0.2) is 11.9 Å². The Kier molecular flexibility index (Phi) is 8.46. The van der Waals surface area contributed by atoms with Crippen LogP contribution in [0.1, 0.15) is 38.8 Å². The molecule has 2 aromatic carbocycles. The lowest BCUT2D eigenvalue weighted by molar-refractivity contribution is -0.117. The van der Waals surface area contributed by atoms with Gasteiger partial charge >= 0.3 is 0 Å². The maximum Gasteiger partial charge on any atom is 0.241 e. The number of amides is 1. The van der Waals surface area contributed by atoms with Gasteiger partial charge in [0.1, 0.15) is 0 Å². The summed E-state index contributed by atoms with van der Waals surface area (Å²) in [5.74, 6) is 0.263. The molecule has 25 heavy (non-hydrogen) atoms. The molecule has 0 aromatic heterocycles. The molecule has 0 aliphatic rings. The molecule has 0 spiro atoms. The number of benzene rings is 2. The molecule has 4 nitrogen and oxygen atoms in total. The van der Waals surface area contributed by atoms with Crippen molar-refractivity contribution in [3.8, 4) is 0 Å². The lowest BCUT2D eigenvalue weighted by atomic mass is 10.0. The van der Waals surface area contributed by atoms with Crippen LogP contribution in [0.15, 0.2) is 54.6 Å². The molecule has 0 heterocycles. The molecule has 136 valence electrons. The molecule has 0 fully saturated rings. The van der Waals surface area contributed by atoms with Gasteiger partial charge in [-0.3, -0.25) is 4.79 Å². The van der Waals surface area contributed by atoms with Gasteiger partial charge in [0, 0.05) is 17.4 Å². The first-order valence-corrected chi connectivity index (χ1v) is 8.43. The van der Waals surface area contributed by atoms with Crippen LogP contribution in [0, 0.1) is 5.92 Å². The van der Waals surface area contributed by atoms with Crippen molar-refractivity contribution < 1.29 is 4.79 Å². The minimum absolute atomic E-state index is 0. The van der Waals surface area contributed by atoms with Gasteiger partial charge in [0.15, 0.2) is 0 Å². The Balaban J connectivity index is 0.00000312. The van der Waals surface area contributed by atoms with Gasteiger partial charge in [0.2, 0.25) is 5.91 Å². The van der Waals surface area contributed by atoms with E-state index in [4.69, 9.17) is 5.73 Å². The Bertz CT molecular complexity index is 644. The molecule has 1 unspecified atom stereocenters. The summed E-state index contributed by atoms with van der Waals surface area (Å²) in [5, 5.41) is 6.32. The summed E-state index contributed by atoms with van der Waals surface area (Å²) in [5.41, 5.74) is 8.90. The summed E-state index contributed by atoms with van der Waals surface area (Å²) in [6.07, 6.45) is 0.681. The number of carbonyl (C=O) groups excluding carboxylic acids is 1. The van der Waals surface area contributed by atoms with Gasteiger partial charge in [-0.2, -0.15) is 0 Å². The number of rotatable bonds is 7. The highest BCUT2D eigenvalue weighted by molar-refractivity contribution is 5.94. The van der Waals surface area contributed by atoms with Crippen LogP contribution in [0.3, 0.4) is 0 Å². The van der Waals surface area contributed by atoms with Gasteiger partial charge in [-0.1, -0.05) is 44.2 Å². The first kappa shape index (κ1) is 21.0. The van der Waals surface area contributed by atoms with Crippen molar-refractivity contribution >= 4 is 29.7 Å². The van der Waals surface area contributed by atoms with Crippen molar-refractivity contribution in [1.29, 1.82) is 0 Å². The third-order valence-corrected chi connectivity index (χ3v) is 3.90. The zero-order valence-corrected chi connectivity index (χ0v) is 15.8. The zero-order chi connectivity index (χ0) is 17.5. The predicted molar refractivity (Wildman–Crippen MR) is 108 cm³/mol. The van der Waals surface area contributed by atoms with Crippen molar-refractivity contribution in [1.82, 2.24) is 0 Å². The second-order valence-electron chi connectivity index (χ2n) is 6.58. The van der Waals surface area contributed by atoms with Crippen molar-refractivity contribution in [2.45, 2.75) is 39.3 Å². The summed E-state index contributed by atoms with van der Waals surface area (Å²) in [4.78, 5) is 12.0. The number of nitrogens with two attached hydrogens (primary N) is 1. The van der Waals surface area contributed by atoms with E-state index >= 15 is 0 Å². The third-order valence-electron chi connectivity index (χ3n) is 3.90. The second kappa shape index (κ2) is 10.1. The van der Waals surface area contributed by atoms with Gasteiger partial charge in [-0.15, -0.1) is 12.4 Å². The van der Waals surface area contributed by atoms with E-state index in [1.54, 1.807) is 0 Å². The fourth-order valence-corrected chi connectivity index (χ4v) is 2.57. The molecule has 4 N–H and O–H groups in total. The van der Waals surface area contributed by atoms with Gasteiger partial charge in [0.05, 0.1) is 6.04 Å². The molecule has 0 radical (unpaired) electrons. The average molecular weight is 362 g/mol. The first-order chi connectivity index (χ1) is 11.5. The number of anilines is 2. The Morgan fingerprint density at radius 3 is 2.08 bits per heavy atom. The monoisotopic (exact) mass is 361 g/mol. The van der Waals surface area contributed by atoms with E-state index in [1.165, 1.54) is 5.56 Å². The molecule has 0 saturated carbocycles. The second-order valence-corrected chi connectivity index (χ2v) is 6.58. The number of hydrogen-bond acceptors (Lipinski definition) is 3. The van der Waals surface area contributed by atoms with E-state index in [1.807, 2.05) is 42.5 Å². The Hall–Kier alpha value is -2.04. The van der Waals surface area contributed by atoms with Gasteiger partial charge in [-0.25, -0.2) is 0 Å². The van der Waals surface area contributed by atoms with Crippen molar-refractivity contribution in [2.24, 2.45) is 11.7 Å². The summed E-state index contributed by atoms with van der Waals surface area (Å²) in [6, 6.07) is 17.7. The Morgan fingerprint density at radius 1 is 0.960 bits per heavy atom. The van der Waals surface area contributed by atoms with Crippen LogP contribution in [-0.2, 0) is 4.79 Å². The largest absolute Gasteiger partial charge is 0.379 e. The highest BCUT2D eigenvalue weighted by Crippen LogP contribution is 2.20. The minimum atomic E-state index is -0.471. The summed E-state index contributed by atoms with van der Waals surface area (Å²) >= 11 is 0. The molecule has 0 bridgehead atoms. The number of hydrogen-bond donors (Lipinski definition) is 3. The Labute approximate surface area is 156 Å².